The van der Waals surface area contributed by atoms with Gasteiger partial charge in [0.05, 0.1) is 5.69 Å². The smallest absolute Gasteiger partial charge is 0.213 e. The van der Waals surface area contributed by atoms with Crippen LogP contribution in [0.15, 0.2) is 30.5 Å². The summed E-state index contributed by atoms with van der Waals surface area (Å²) in [4.78, 5) is 16.5. The van der Waals surface area contributed by atoms with Crippen LogP contribution in [0.2, 0.25) is 0 Å². The Morgan fingerprint density at radius 2 is 2.07 bits per heavy atom. The number of benzene rings is 1. The quantitative estimate of drug-likeness (QED) is 0.696. The second kappa shape index (κ2) is 3.69. The predicted octanol–water partition coefficient (Wildman–Crippen LogP) is 2.14. The Morgan fingerprint density at radius 1 is 1.27 bits per heavy atom. The van der Waals surface area contributed by atoms with Crippen molar-refractivity contribution in [3.05, 3.63) is 36.2 Å². The number of hydrogen-bond acceptors (Lipinski definition) is 2. The Hall–Kier alpha value is -1.90. The van der Waals surface area contributed by atoms with Crippen LogP contribution in [0.3, 0.4) is 0 Å². The van der Waals surface area contributed by atoms with E-state index in [1.165, 1.54) is 0 Å². The Balaban J connectivity index is 2.76. The molecule has 0 spiro atoms. The average molecular weight is 200 g/mol. The monoisotopic (exact) mass is 200 g/mol. The van der Waals surface area contributed by atoms with Crippen LogP contribution in [0, 0.1) is 6.92 Å². The first-order chi connectivity index (χ1) is 7.24. The molecule has 0 saturated heterocycles. The molecule has 15 heavy (non-hydrogen) atoms. The number of nitrogens with zero attached hydrogens (tertiary/aromatic N) is 2. The molecule has 2 rings (SSSR count). The number of aromatic nitrogens is 1. The van der Waals surface area contributed by atoms with Crippen LogP contribution in [-0.2, 0) is 4.79 Å². The molecule has 0 unspecified atom stereocenters. The van der Waals surface area contributed by atoms with Crippen LogP contribution in [0.5, 0.6) is 0 Å². The molecule has 0 fully saturated rings. The Bertz CT molecular complexity index is 508. The maximum atomic E-state index is 10.7. The standard InChI is InChI=1S/C12H12N2O/c1-9-10-4-3-5-12(14(2)8-15)11(10)6-7-13-9/h3-8H,1-2H3. The van der Waals surface area contributed by atoms with Crippen molar-refractivity contribution in [2.45, 2.75) is 6.92 Å². The van der Waals surface area contributed by atoms with Gasteiger partial charge in [-0.25, -0.2) is 0 Å². The average Bonchev–Trinajstić information content (AvgIpc) is 2.28. The molecule has 1 aromatic heterocycles. The lowest BCUT2D eigenvalue weighted by Crippen LogP contribution is -2.13. The number of rotatable bonds is 2. The van der Waals surface area contributed by atoms with Gasteiger partial charge in [0.25, 0.3) is 0 Å². The lowest BCUT2D eigenvalue weighted by molar-refractivity contribution is -0.107. The summed E-state index contributed by atoms with van der Waals surface area (Å²) in [6.45, 7) is 1.97. The highest BCUT2D eigenvalue weighted by molar-refractivity contribution is 5.98. The zero-order valence-electron chi connectivity index (χ0n) is 8.77. The van der Waals surface area contributed by atoms with Crippen LogP contribution >= 0.6 is 0 Å². The second-order valence-corrected chi connectivity index (χ2v) is 3.48. The van der Waals surface area contributed by atoms with Crippen molar-refractivity contribution in [3.63, 3.8) is 0 Å². The number of amides is 1. The Labute approximate surface area is 88.3 Å². The van der Waals surface area contributed by atoms with Gasteiger partial charge in [0.1, 0.15) is 0 Å². The van der Waals surface area contributed by atoms with Crippen molar-refractivity contribution in [2.24, 2.45) is 0 Å². The fourth-order valence-corrected chi connectivity index (χ4v) is 1.70. The third kappa shape index (κ3) is 1.56. The van der Waals surface area contributed by atoms with E-state index in [0.717, 1.165) is 28.6 Å². The van der Waals surface area contributed by atoms with E-state index in [1.54, 1.807) is 18.1 Å². The number of carbonyl (C=O) groups is 1. The zero-order valence-corrected chi connectivity index (χ0v) is 8.77. The van der Waals surface area contributed by atoms with Crippen molar-refractivity contribution in [1.29, 1.82) is 0 Å². The molecule has 2 aromatic rings. The molecule has 0 bridgehead atoms. The molecule has 3 nitrogen and oxygen atoms in total. The molecule has 0 atom stereocenters. The van der Waals surface area contributed by atoms with Crippen LogP contribution < -0.4 is 4.90 Å². The number of anilines is 1. The SMILES string of the molecule is Cc1nccc2c(N(C)C=O)cccc12. The van der Waals surface area contributed by atoms with E-state index in [1.807, 2.05) is 31.2 Å². The molecule has 0 saturated carbocycles. The first-order valence-corrected chi connectivity index (χ1v) is 4.76. The maximum absolute atomic E-state index is 10.7. The van der Waals surface area contributed by atoms with E-state index in [9.17, 15) is 4.79 Å². The van der Waals surface area contributed by atoms with Gasteiger partial charge in [0.15, 0.2) is 0 Å². The van der Waals surface area contributed by atoms with Crippen LogP contribution in [-0.4, -0.2) is 18.4 Å². The highest BCUT2D eigenvalue weighted by Gasteiger charge is 2.05. The second-order valence-electron chi connectivity index (χ2n) is 3.48. The largest absolute Gasteiger partial charge is 0.317 e. The van der Waals surface area contributed by atoms with Gasteiger partial charge < -0.3 is 4.90 Å². The van der Waals surface area contributed by atoms with Crippen LogP contribution in [0.4, 0.5) is 5.69 Å². The van der Waals surface area contributed by atoms with Gasteiger partial charge in [-0.2, -0.15) is 0 Å². The molecule has 1 amide bonds. The number of carbonyl (C=O) groups excluding carboxylic acids is 1. The molecular weight excluding hydrogens is 188 g/mol. The summed E-state index contributed by atoms with van der Waals surface area (Å²) in [5, 5.41) is 2.14. The third-order valence-corrected chi connectivity index (χ3v) is 2.52. The minimum absolute atomic E-state index is 0.810. The van der Waals surface area contributed by atoms with Gasteiger partial charge in [0, 0.05) is 29.7 Å². The van der Waals surface area contributed by atoms with E-state index in [0.29, 0.717) is 0 Å². The lowest BCUT2D eigenvalue weighted by Gasteiger charge is -2.14. The zero-order chi connectivity index (χ0) is 10.8. The van der Waals surface area contributed by atoms with Gasteiger partial charge in [-0.15, -0.1) is 0 Å². The molecule has 0 aliphatic carbocycles. The van der Waals surface area contributed by atoms with Gasteiger partial charge in [-0.3, -0.25) is 9.78 Å². The summed E-state index contributed by atoms with van der Waals surface area (Å²) < 4.78 is 0. The van der Waals surface area contributed by atoms with Crippen LogP contribution in [0.25, 0.3) is 10.8 Å². The first kappa shape index (κ1) is 9.65. The fraction of sp³-hybridized carbons (Fsp3) is 0.167. The summed E-state index contributed by atoms with van der Waals surface area (Å²) in [5.41, 5.74) is 1.89. The highest BCUT2D eigenvalue weighted by atomic mass is 16.1. The molecule has 1 heterocycles. The van der Waals surface area contributed by atoms with E-state index in [2.05, 4.69) is 4.98 Å². The van der Waals surface area contributed by atoms with E-state index >= 15 is 0 Å². The normalized spacial score (nSPS) is 10.3. The van der Waals surface area contributed by atoms with Crippen molar-refractivity contribution in [1.82, 2.24) is 4.98 Å². The topological polar surface area (TPSA) is 33.2 Å². The molecule has 0 radical (unpaired) electrons. The van der Waals surface area contributed by atoms with Crippen LogP contribution in [0.1, 0.15) is 5.69 Å². The highest BCUT2D eigenvalue weighted by Crippen LogP contribution is 2.26. The van der Waals surface area contributed by atoms with Crippen molar-refractivity contribution < 1.29 is 4.79 Å². The fourth-order valence-electron chi connectivity index (χ4n) is 1.70. The number of aryl methyl sites for hydroxylation is 1. The maximum Gasteiger partial charge on any atom is 0.213 e. The lowest BCUT2D eigenvalue weighted by atomic mass is 10.1. The van der Waals surface area contributed by atoms with Gasteiger partial charge in [0.2, 0.25) is 6.41 Å². The van der Waals surface area contributed by atoms with E-state index in [4.69, 9.17) is 0 Å². The van der Waals surface area contributed by atoms with Crippen molar-refractivity contribution >= 4 is 22.9 Å². The van der Waals surface area contributed by atoms with Gasteiger partial charge in [-0.05, 0) is 19.1 Å². The Kier molecular flexibility index (Phi) is 2.37. The molecule has 0 aliphatic heterocycles. The molecule has 3 heteroatoms. The summed E-state index contributed by atoms with van der Waals surface area (Å²) in [6, 6.07) is 7.81. The molecule has 0 aliphatic rings. The van der Waals surface area contributed by atoms with Crippen molar-refractivity contribution in [3.8, 4) is 0 Å². The molecule has 76 valence electrons. The minimum Gasteiger partial charge on any atom is -0.317 e. The minimum atomic E-state index is 0.810. The first-order valence-electron chi connectivity index (χ1n) is 4.76. The summed E-state index contributed by atoms with van der Waals surface area (Å²) in [5.74, 6) is 0. The third-order valence-electron chi connectivity index (χ3n) is 2.52. The van der Waals surface area contributed by atoms with Gasteiger partial charge in [-0.1, -0.05) is 12.1 Å². The van der Waals surface area contributed by atoms with Gasteiger partial charge >= 0.3 is 0 Å². The predicted molar refractivity (Wildman–Crippen MR) is 60.9 cm³/mol. The summed E-state index contributed by atoms with van der Waals surface area (Å²) in [6.07, 6.45) is 2.57. The van der Waals surface area contributed by atoms with Crippen molar-refractivity contribution in [2.75, 3.05) is 11.9 Å². The summed E-state index contributed by atoms with van der Waals surface area (Å²) >= 11 is 0. The molecule has 0 N–H and O–H groups in total. The molecule has 1 aromatic carbocycles. The van der Waals surface area contributed by atoms with E-state index in [-0.39, 0.29) is 0 Å². The molecular formula is C12H12N2O. The number of fused-ring (bicyclic) bond motifs is 1. The number of hydrogen-bond donors (Lipinski definition) is 0. The number of pyridine rings is 1. The Morgan fingerprint density at radius 3 is 2.80 bits per heavy atom. The van der Waals surface area contributed by atoms with E-state index < -0.39 is 0 Å². The summed E-state index contributed by atoms with van der Waals surface area (Å²) in [7, 11) is 1.75.